The van der Waals surface area contributed by atoms with Crippen LogP contribution in [-0.2, 0) is 22.4 Å². The zero-order valence-electron chi connectivity index (χ0n) is 18.7. The molecule has 2 amide bonds. The number of ether oxygens (including phenoxy) is 2. The van der Waals surface area contributed by atoms with E-state index in [2.05, 4.69) is 22.8 Å². The van der Waals surface area contributed by atoms with Crippen molar-refractivity contribution in [2.24, 2.45) is 0 Å². The number of hydrogen-bond acceptors (Lipinski definition) is 4. The summed E-state index contributed by atoms with van der Waals surface area (Å²) in [7, 11) is 0. The summed E-state index contributed by atoms with van der Waals surface area (Å²) in [4.78, 5) is 25.7. The highest BCUT2D eigenvalue weighted by atomic mass is 16.5. The van der Waals surface area contributed by atoms with Gasteiger partial charge < -0.3 is 20.1 Å². The summed E-state index contributed by atoms with van der Waals surface area (Å²) in [5.74, 6) is 0.236. The second-order valence-electron chi connectivity index (χ2n) is 8.53. The van der Waals surface area contributed by atoms with Crippen LogP contribution >= 0.6 is 0 Å². The fraction of sp³-hybridized carbons (Fsp3) is 0.462. The van der Waals surface area contributed by atoms with Crippen LogP contribution in [0.2, 0.25) is 0 Å². The average Bonchev–Trinajstić information content (AvgIpc) is 3.35. The van der Waals surface area contributed by atoms with E-state index >= 15 is 0 Å². The van der Waals surface area contributed by atoms with Gasteiger partial charge in [0.15, 0.2) is 6.10 Å². The van der Waals surface area contributed by atoms with Gasteiger partial charge in [0.05, 0.1) is 17.4 Å². The van der Waals surface area contributed by atoms with Gasteiger partial charge in [-0.2, -0.15) is 0 Å². The number of fused-ring (bicyclic) bond motifs is 1. The van der Waals surface area contributed by atoms with E-state index in [9.17, 15) is 9.59 Å². The highest BCUT2D eigenvalue weighted by Crippen LogP contribution is 2.26. The van der Waals surface area contributed by atoms with Crippen molar-refractivity contribution in [3.05, 3.63) is 59.2 Å². The van der Waals surface area contributed by atoms with Crippen molar-refractivity contribution >= 4 is 17.5 Å². The quantitative estimate of drug-likeness (QED) is 0.648. The first kappa shape index (κ1) is 22.3. The SMILES string of the molecule is CC[C@@H](Oc1ccc2c(c1)CCCC2)C(=O)Nc1ccccc1C(=O)NC[C@@H]1CCCO1. The number of hydrogen-bond donors (Lipinski definition) is 2. The molecule has 4 rings (SSSR count). The van der Waals surface area contributed by atoms with E-state index in [1.54, 1.807) is 24.3 Å². The van der Waals surface area contributed by atoms with Crippen LogP contribution in [-0.4, -0.2) is 37.2 Å². The predicted molar refractivity (Wildman–Crippen MR) is 124 cm³/mol. The molecule has 2 aromatic carbocycles. The van der Waals surface area contributed by atoms with Crippen LogP contribution in [0, 0.1) is 0 Å². The second kappa shape index (κ2) is 10.6. The number of aryl methyl sites for hydroxylation is 2. The monoisotopic (exact) mass is 436 g/mol. The Hall–Kier alpha value is -2.86. The van der Waals surface area contributed by atoms with Gasteiger partial charge in [-0.1, -0.05) is 25.1 Å². The highest BCUT2D eigenvalue weighted by Gasteiger charge is 2.22. The molecular weight excluding hydrogens is 404 g/mol. The van der Waals surface area contributed by atoms with E-state index in [-0.39, 0.29) is 17.9 Å². The first-order chi connectivity index (χ1) is 15.6. The number of nitrogens with one attached hydrogen (secondary N) is 2. The third-order valence-electron chi connectivity index (χ3n) is 6.21. The normalized spacial score (nSPS) is 18.5. The third kappa shape index (κ3) is 5.49. The van der Waals surface area contributed by atoms with Crippen molar-refractivity contribution in [2.45, 2.75) is 64.1 Å². The summed E-state index contributed by atoms with van der Waals surface area (Å²) in [5, 5.41) is 5.82. The number of carbonyl (C=O) groups is 2. The molecular formula is C26H32N2O4. The van der Waals surface area contributed by atoms with Crippen molar-refractivity contribution < 1.29 is 19.1 Å². The molecule has 1 heterocycles. The Kier molecular flexibility index (Phi) is 7.43. The predicted octanol–water partition coefficient (Wildman–Crippen LogP) is 4.27. The van der Waals surface area contributed by atoms with Gasteiger partial charge in [0.2, 0.25) is 0 Å². The molecule has 6 nitrogen and oxygen atoms in total. The van der Waals surface area contributed by atoms with Crippen molar-refractivity contribution in [1.29, 1.82) is 0 Å². The van der Waals surface area contributed by atoms with E-state index in [0.717, 1.165) is 38.0 Å². The van der Waals surface area contributed by atoms with Gasteiger partial charge in [0.25, 0.3) is 11.8 Å². The maximum absolute atomic E-state index is 13.0. The molecule has 0 unspecified atom stereocenters. The zero-order chi connectivity index (χ0) is 22.3. The topological polar surface area (TPSA) is 76.7 Å². The van der Waals surface area contributed by atoms with Crippen molar-refractivity contribution in [3.8, 4) is 5.75 Å². The van der Waals surface area contributed by atoms with Gasteiger partial charge in [-0.25, -0.2) is 0 Å². The zero-order valence-corrected chi connectivity index (χ0v) is 18.7. The smallest absolute Gasteiger partial charge is 0.265 e. The molecule has 6 heteroatoms. The Morgan fingerprint density at radius 2 is 1.91 bits per heavy atom. The first-order valence-electron chi connectivity index (χ1n) is 11.7. The molecule has 0 spiro atoms. The lowest BCUT2D eigenvalue weighted by Crippen LogP contribution is -2.35. The fourth-order valence-electron chi connectivity index (χ4n) is 4.38. The van der Waals surface area contributed by atoms with Crippen LogP contribution in [0.25, 0.3) is 0 Å². The first-order valence-corrected chi connectivity index (χ1v) is 11.7. The van der Waals surface area contributed by atoms with Gasteiger partial charge >= 0.3 is 0 Å². The van der Waals surface area contributed by atoms with Gasteiger partial charge in [0.1, 0.15) is 5.75 Å². The molecule has 0 radical (unpaired) electrons. The minimum atomic E-state index is -0.639. The Balaban J connectivity index is 1.40. The molecule has 170 valence electrons. The highest BCUT2D eigenvalue weighted by molar-refractivity contribution is 6.04. The second-order valence-corrected chi connectivity index (χ2v) is 8.53. The number of para-hydroxylation sites is 1. The van der Waals surface area contributed by atoms with E-state index in [0.29, 0.717) is 24.2 Å². The number of anilines is 1. The minimum Gasteiger partial charge on any atom is -0.481 e. The van der Waals surface area contributed by atoms with Crippen LogP contribution in [0.1, 0.15) is 60.5 Å². The van der Waals surface area contributed by atoms with Gasteiger partial charge in [-0.3, -0.25) is 9.59 Å². The lowest BCUT2D eigenvalue weighted by atomic mass is 9.92. The van der Waals surface area contributed by atoms with Gasteiger partial charge in [-0.15, -0.1) is 0 Å². The Bertz CT molecular complexity index is 953. The maximum Gasteiger partial charge on any atom is 0.265 e. The lowest BCUT2D eigenvalue weighted by molar-refractivity contribution is -0.122. The average molecular weight is 437 g/mol. The van der Waals surface area contributed by atoms with E-state index in [1.165, 1.54) is 24.0 Å². The third-order valence-corrected chi connectivity index (χ3v) is 6.21. The molecule has 1 aliphatic carbocycles. The molecule has 1 aliphatic heterocycles. The number of rotatable bonds is 8. The number of benzene rings is 2. The lowest BCUT2D eigenvalue weighted by Gasteiger charge is -2.21. The van der Waals surface area contributed by atoms with Crippen LogP contribution in [0.3, 0.4) is 0 Å². The fourth-order valence-corrected chi connectivity index (χ4v) is 4.38. The Morgan fingerprint density at radius 1 is 1.09 bits per heavy atom. The molecule has 1 fully saturated rings. The largest absolute Gasteiger partial charge is 0.481 e. The molecule has 0 bridgehead atoms. The standard InChI is InChI=1S/C26H32N2O4/c1-2-24(32-20-14-13-18-8-3-4-9-19(18)16-20)26(30)28-23-12-6-5-11-22(23)25(29)27-17-21-10-7-15-31-21/h5-6,11-14,16,21,24H,2-4,7-10,15,17H2,1H3,(H,27,29)(H,28,30)/t21-,24+/m0/s1. The number of amides is 2. The van der Waals surface area contributed by atoms with Crippen molar-refractivity contribution in [1.82, 2.24) is 5.32 Å². The van der Waals surface area contributed by atoms with Gasteiger partial charge in [0, 0.05) is 13.2 Å². The Labute approximate surface area is 189 Å². The molecule has 32 heavy (non-hydrogen) atoms. The van der Waals surface area contributed by atoms with Crippen LogP contribution in [0.5, 0.6) is 5.75 Å². The van der Waals surface area contributed by atoms with Gasteiger partial charge in [-0.05, 0) is 80.3 Å². The number of carbonyl (C=O) groups excluding carboxylic acids is 2. The molecule has 2 aromatic rings. The molecule has 2 atom stereocenters. The van der Waals surface area contributed by atoms with E-state index < -0.39 is 6.10 Å². The summed E-state index contributed by atoms with van der Waals surface area (Å²) >= 11 is 0. The molecule has 0 aromatic heterocycles. The maximum atomic E-state index is 13.0. The minimum absolute atomic E-state index is 0.0650. The van der Waals surface area contributed by atoms with Crippen LogP contribution in [0.15, 0.2) is 42.5 Å². The summed E-state index contributed by atoms with van der Waals surface area (Å²) in [6.45, 7) is 3.14. The van der Waals surface area contributed by atoms with Crippen LogP contribution < -0.4 is 15.4 Å². The molecule has 0 saturated carbocycles. The summed E-state index contributed by atoms with van der Waals surface area (Å²) in [6.07, 6.45) is 6.52. The molecule has 2 N–H and O–H groups in total. The van der Waals surface area contributed by atoms with Crippen molar-refractivity contribution in [3.63, 3.8) is 0 Å². The van der Waals surface area contributed by atoms with Crippen molar-refractivity contribution in [2.75, 3.05) is 18.5 Å². The molecule has 1 saturated heterocycles. The summed E-state index contributed by atoms with van der Waals surface area (Å²) < 4.78 is 11.6. The summed E-state index contributed by atoms with van der Waals surface area (Å²) in [6, 6.07) is 13.2. The van der Waals surface area contributed by atoms with E-state index in [1.807, 2.05) is 13.0 Å². The van der Waals surface area contributed by atoms with Crippen LogP contribution in [0.4, 0.5) is 5.69 Å². The molecule has 2 aliphatic rings. The Morgan fingerprint density at radius 3 is 2.69 bits per heavy atom. The summed E-state index contributed by atoms with van der Waals surface area (Å²) in [5.41, 5.74) is 3.61. The van der Waals surface area contributed by atoms with E-state index in [4.69, 9.17) is 9.47 Å².